The molecule has 6 heteroatoms. The number of nitrogens with one attached hydrogen (secondary N) is 2. The molecule has 1 amide bonds. The Morgan fingerprint density at radius 2 is 1.68 bits per heavy atom. The van der Waals surface area contributed by atoms with Gasteiger partial charge in [0.25, 0.3) is 0 Å². The molecule has 0 spiro atoms. The maximum absolute atomic E-state index is 14.0. The molecule has 2 fully saturated rings. The van der Waals surface area contributed by atoms with Gasteiger partial charge < -0.3 is 10.2 Å². The number of carbonyl (C=O) groups is 1. The first-order valence-electron chi connectivity index (χ1n) is 9.96. The Labute approximate surface area is 165 Å². The van der Waals surface area contributed by atoms with Gasteiger partial charge in [0.15, 0.2) is 0 Å². The van der Waals surface area contributed by atoms with Gasteiger partial charge in [0, 0.05) is 32.2 Å². The highest BCUT2D eigenvalue weighted by molar-refractivity contribution is 5.80. The van der Waals surface area contributed by atoms with E-state index < -0.39 is 0 Å². The third-order valence-electron chi connectivity index (χ3n) is 5.81. The fraction of sp³-hybridized carbons (Fsp3) is 0.409. The van der Waals surface area contributed by atoms with Crippen LogP contribution in [0.1, 0.15) is 12.5 Å². The summed E-state index contributed by atoms with van der Waals surface area (Å²) < 4.78 is 14.0. The highest BCUT2D eigenvalue weighted by Gasteiger charge is 2.36. The molecule has 0 aliphatic carbocycles. The molecule has 0 radical (unpaired) electrons. The monoisotopic (exact) mass is 382 g/mol. The molecule has 2 saturated heterocycles. The van der Waals surface area contributed by atoms with E-state index in [-0.39, 0.29) is 30.0 Å². The van der Waals surface area contributed by atoms with Gasteiger partial charge in [-0.2, -0.15) is 0 Å². The number of rotatable bonds is 4. The lowest BCUT2D eigenvalue weighted by molar-refractivity contribution is -0.132. The summed E-state index contributed by atoms with van der Waals surface area (Å²) in [6.07, 6.45) is 0.562. The van der Waals surface area contributed by atoms with E-state index in [2.05, 4.69) is 39.5 Å². The van der Waals surface area contributed by atoms with E-state index in [0.29, 0.717) is 5.69 Å². The largest absolute Gasteiger partial charge is 0.367 e. The van der Waals surface area contributed by atoms with Crippen LogP contribution in [0.3, 0.4) is 0 Å². The molecule has 2 N–H and O–H groups in total. The number of benzene rings is 2. The zero-order valence-electron chi connectivity index (χ0n) is 16.1. The van der Waals surface area contributed by atoms with Crippen molar-refractivity contribution in [2.45, 2.75) is 25.7 Å². The predicted molar refractivity (Wildman–Crippen MR) is 108 cm³/mol. The summed E-state index contributed by atoms with van der Waals surface area (Å²) in [6, 6.07) is 17.1. The summed E-state index contributed by atoms with van der Waals surface area (Å²) in [5.41, 5.74) is 1.83. The SMILES string of the molecule is CC1NC(N2CCN(c3ccccc3F)CC2)NC(=O)C1Cc1ccccc1. The predicted octanol–water partition coefficient (Wildman–Crippen LogP) is 2.20. The fourth-order valence-electron chi connectivity index (χ4n) is 4.14. The van der Waals surface area contributed by atoms with Crippen molar-refractivity contribution < 1.29 is 9.18 Å². The zero-order valence-corrected chi connectivity index (χ0v) is 16.1. The number of carbonyl (C=O) groups excluding carboxylic acids is 1. The van der Waals surface area contributed by atoms with Gasteiger partial charge in [-0.25, -0.2) is 4.39 Å². The molecule has 5 nitrogen and oxygen atoms in total. The first-order valence-corrected chi connectivity index (χ1v) is 9.96. The van der Waals surface area contributed by atoms with Crippen molar-refractivity contribution in [2.24, 2.45) is 5.92 Å². The molecule has 2 heterocycles. The zero-order chi connectivity index (χ0) is 19.5. The lowest BCUT2D eigenvalue weighted by atomic mass is 9.90. The first kappa shape index (κ1) is 18.9. The highest BCUT2D eigenvalue weighted by Crippen LogP contribution is 2.22. The van der Waals surface area contributed by atoms with Crippen LogP contribution in [0.5, 0.6) is 0 Å². The number of hydrogen-bond donors (Lipinski definition) is 2. The molecule has 2 aromatic carbocycles. The van der Waals surface area contributed by atoms with Crippen LogP contribution in [0, 0.1) is 11.7 Å². The maximum Gasteiger partial charge on any atom is 0.227 e. The number of amides is 1. The lowest BCUT2D eigenvalue weighted by Gasteiger charge is -2.45. The van der Waals surface area contributed by atoms with Crippen LogP contribution in [0.15, 0.2) is 54.6 Å². The van der Waals surface area contributed by atoms with Crippen molar-refractivity contribution in [3.63, 3.8) is 0 Å². The van der Waals surface area contributed by atoms with Crippen LogP contribution in [0.4, 0.5) is 10.1 Å². The van der Waals surface area contributed by atoms with Crippen molar-refractivity contribution in [1.29, 1.82) is 0 Å². The molecule has 2 aliphatic heterocycles. The number of halogens is 1. The van der Waals surface area contributed by atoms with E-state index in [1.165, 1.54) is 11.6 Å². The molecule has 3 unspecified atom stereocenters. The van der Waals surface area contributed by atoms with Crippen molar-refractivity contribution in [1.82, 2.24) is 15.5 Å². The summed E-state index contributed by atoms with van der Waals surface area (Å²) in [4.78, 5) is 17.0. The normalized spacial score (nSPS) is 26.1. The second-order valence-corrected chi connectivity index (χ2v) is 7.64. The topological polar surface area (TPSA) is 47.6 Å². The minimum atomic E-state index is -0.183. The second-order valence-electron chi connectivity index (χ2n) is 7.64. The second kappa shape index (κ2) is 8.29. The van der Waals surface area contributed by atoms with E-state index in [1.807, 2.05) is 30.3 Å². The summed E-state index contributed by atoms with van der Waals surface area (Å²) in [6.45, 7) is 5.08. The average Bonchev–Trinajstić information content (AvgIpc) is 2.72. The third-order valence-corrected chi connectivity index (χ3v) is 5.81. The number of piperazine rings is 1. The molecule has 2 aliphatic rings. The number of hydrogen-bond acceptors (Lipinski definition) is 4. The fourth-order valence-corrected chi connectivity index (χ4v) is 4.14. The van der Waals surface area contributed by atoms with Gasteiger partial charge in [-0.3, -0.25) is 15.0 Å². The molecule has 4 rings (SSSR count). The van der Waals surface area contributed by atoms with Crippen molar-refractivity contribution in [3.8, 4) is 0 Å². The van der Waals surface area contributed by atoms with E-state index >= 15 is 0 Å². The number of nitrogens with zero attached hydrogens (tertiary/aromatic N) is 2. The van der Waals surface area contributed by atoms with Crippen molar-refractivity contribution in [3.05, 3.63) is 66.0 Å². The molecule has 2 aromatic rings. The Bertz CT molecular complexity index is 807. The Morgan fingerprint density at radius 3 is 2.36 bits per heavy atom. The van der Waals surface area contributed by atoms with Gasteiger partial charge in [-0.05, 0) is 31.0 Å². The molecule has 28 heavy (non-hydrogen) atoms. The summed E-state index contributed by atoms with van der Waals surface area (Å²) >= 11 is 0. The van der Waals surface area contributed by atoms with E-state index in [4.69, 9.17) is 0 Å². The van der Waals surface area contributed by atoms with Crippen molar-refractivity contribution in [2.75, 3.05) is 31.1 Å². The minimum absolute atomic E-state index is 0.0849. The van der Waals surface area contributed by atoms with Gasteiger partial charge >= 0.3 is 0 Å². The van der Waals surface area contributed by atoms with E-state index in [0.717, 1.165) is 32.6 Å². The van der Waals surface area contributed by atoms with Crippen LogP contribution < -0.4 is 15.5 Å². The average molecular weight is 382 g/mol. The summed E-state index contributed by atoms with van der Waals surface area (Å²) in [5, 5.41) is 6.69. The summed E-state index contributed by atoms with van der Waals surface area (Å²) in [5.74, 6) is -0.174. The van der Waals surface area contributed by atoms with Gasteiger partial charge in [0.1, 0.15) is 12.1 Å². The maximum atomic E-state index is 14.0. The van der Waals surface area contributed by atoms with Crippen LogP contribution >= 0.6 is 0 Å². The minimum Gasteiger partial charge on any atom is -0.367 e. The van der Waals surface area contributed by atoms with E-state index in [1.54, 1.807) is 6.07 Å². The number of para-hydroxylation sites is 1. The Morgan fingerprint density at radius 1 is 1.00 bits per heavy atom. The molecular weight excluding hydrogens is 355 g/mol. The lowest BCUT2D eigenvalue weighted by Crippen LogP contribution is -2.69. The molecule has 0 bridgehead atoms. The van der Waals surface area contributed by atoms with Crippen LogP contribution in [-0.2, 0) is 11.2 Å². The molecule has 3 atom stereocenters. The standard InChI is InChI=1S/C22H27FN4O/c1-16-18(15-17-7-3-2-4-8-17)21(28)25-22(24-16)27-13-11-26(12-14-27)20-10-6-5-9-19(20)23/h2-10,16,18,22,24H,11-15H2,1H3,(H,25,28). The highest BCUT2D eigenvalue weighted by atomic mass is 19.1. The Hall–Kier alpha value is -2.44. The van der Waals surface area contributed by atoms with E-state index in [9.17, 15) is 9.18 Å². The quantitative estimate of drug-likeness (QED) is 0.851. The van der Waals surface area contributed by atoms with Gasteiger partial charge in [0.2, 0.25) is 5.91 Å². The summed E-state index contributed by atoms with van der Waals surface area (Å²) in [7, 11) is 0. The molecule has 0 aromatic heterocycles. The van der Waals surface area contributed by atoms with Crippen LogP contribution in [0.2, 0.25) is 0 Å². The Kier molecular flexibility index (Phi) is 5.59. The Balaban J connectivity index is 1.34. The smallest absolute Gasteiger partial charge is 0.227 e. The van der Waals surface area contributed by atoms with Gasteiger partial charge in [-0.1, -0.05) is 42.5 Å². The number of anilines is 1. The molecule has 0 saturated carbocycles. The molecular formula is C22H27FN4O. The van der Waals surface area contributed by atoms with Crippen LogP contribution in [-0.4, -0.2) is 49.3 Å². The first-order chi connectivity index (χ1) is 13.6. The molecule has 148 valence electrons. The third kappa shape index (κ3) is 4.03. The van der Waals surface area contributed by atoms with Crippen LogP contribution in [0.25, 0.3) is 0 Å². The van der Waals surface area contributed by atoms with Gasteiger partial charge in [-0.15, -0.1) is 0 Å². The van der Waals surface area contributed by atoms with Crippen molar-refractivity contribution >= 4 is 11.6 Å². The van der Waals surface area contributed by atoms with Gasteiger partial charge in [0.05, 0.1) is 11.6 Å².